The van der Waals surface area contributed by atoms with Crippen LogP contribution in [0.5, 0.6) is 5.75 Å². The predicted molar refractivity (Wildman–Crippen MR) is 80.4 cm³/mol. The van der Waals surface area contributed by atoms with Crippen molar-refractivity contribution in [1.82, 2.24) is 5.32 Å². The lowest BCUT2D eigenvalue weighted by Gasteiger charge is -2.30. The zero-order valence-electron chi connectivity index (χ0n) is 12.3. The summed E-state index contributed by atoms with van der Waals surface area (Å²) in [5.74, 6) is 1.69. The van der Waals surface area contributed by atoms with Gasteiger partial charge in [0.1, 0.15) is 5.75 Å². The highest BCUT2D eigenvalue weighted by Gasteiger charge is 2.26. The molecule has 2 heterocycles. The average molecular weight is 275 g/mol. The molecule has 110 valence electrons. The van der Waals surface area contributed by atoms with Crippen LogP contribution in [0.2, 0.25) is 0 Å². The highest BCUT2D eigenvalue weighted by atomic mass is 16.5. The third-order valence-electron chi connectivity index (χ3n) is 4.63. The van der Waals surface area contributed by atoms with Gasteiger partial charge in [0.2, 0.25) is 0 Å². The van der Waals surface area contributed by atoms with Crippen LogP contribution < -0.4 is 10.1 Å². The van der Waals surface area contributed by atoms with Gasteiger partial charge in [-0.1, -0.05) is 18.2 Å². The first-order valence-electron chi connectivity index (χ1n) is 7.87. The fourth-order valence-electron chi connectivity index (χ4n) is 3.48. The molecule has 1 fully saturated rings. The van der Waals surface area contributed by atoms with Crippen molar-refractivity contribution in [2.45, 2.75) is 50.2 Å². The molecule has 1 N–H and O–H groups in total. The first kappa shape index (κ1) is 13.9. The molecule has 1 aromatic rings. The topological polar surface area (TPSA) is 30.5 Å². The van der Waals surface area contributed by atoms with Gasteiger partial charge in [-0.3, -0.25) is 0 Å². The number of rotatable bonds is 5. The molecule has 2 aliphatic heterocycles. The van der Waals surface area contributed by atoms with Crippen molar-refractivity contribution in [2.75, 3.05) is 20.3 Å². The Hall–Kier alpha value is -1.06. The largest absolute Gasteiger partial charge is 0.493 e. The number of hydrogen-bond donors (Lipinski definition) is 1. The standard InChI is InChI=1S/C17H25NO2/c1-18-14(12-15-5-4-9-19-15)11-13-8-10-20-17-7-3-2-6-16(13)17/h2-3,6-7,13-15,18H,4-5,8-12H2,1H3. The van der Waals surface area contributed by atoms with Crippen molar-refractivity contribution in [3.05, 3.63) is 29.8 Å². The van der Waals surface area contributed by atoms with Crippen LogP contribution in [-0.4, -0.2) is 32.4 Å². The molecule has 0 aromatic heterocycles. The zero-order chi connectivity index (χ0) is 13.8. The minimum absolute atomic E-state index is 0.461. The highest BCUT2D eigenvalue weighted by Crippen LogP contribution is 2.36. The van der Waals surface area contributed by atoms with Crippen LogP contribution in [0.3, 0.4) is 0 Å². The molecule has 3 unspecified atom stereocenters. The Morgan fingerprint density at radius 1 is 1.20 bits per heavy atom. The molecule has 0 amide bonds. The highest BCUT2D eigenvalue weighted by molar-refractivity contribution is 5.37. The summed E-state index contributed by atoms with van der Waals surface area (Å²) >= 11 is 0. The van der Waals surface area contributed by atoms with E-state index in [0.717, 1.165) is 31.8 Å². The van der Waals surface area contributed by atoms with Gasteiger partial charge in [-0.15, -0.1) is 0 Å². The van der Waals surface area contributed by atoms with Gasteiger partial charge in [-0.2, -0.15) is 0 Å². The van der Waals surface area contributed by atoms with E-state index in [-0.39, 0.29) is 0 Å². The minimum Gasteiger partial charge on any atom is -0.493 e. The third kappa shape index (κ3) is 3.15. The second-order valence-electron chi connectivity index (χ2n) is 5.96. The second kappa shape index (κ2) is 6.59. The molecule has 1 aromatic carbocycles. The number of nitrogens with one attached hydrogen (secondary N) is 1. The van der Waals surface area contributed by atoms with E-state index >= 15 is 0 Å². The van der Waals surface area contributed by atoms with Crippen molar-refractivity contribution < 1.29 is 9.47 Å². The number of fused-ring (bicyclic) bond motifs is 1. The zero-order valence-corrected chi connectivity index (χ0v) is 12.3. The smallest absolute Gasteiger partial charge is 0.122 e. The summed E-state index contributed by atoms with van der Waals surface area (Å²) in [7, 11) is 2.07. The van der Waals surface area contributed by atoms with E-state index in [1.807, 2.05) is 0 Å². The summed E-state index contributed by atoms with van der Waals surface area (Å²) < 4.78 is 11.5. The van der Waals surface area contributed by atoms with E-state index in [4.69, 9.17) is 9.47 Å². The van der Waals surface area contributed by atoms with Crippen LogP contribution in [-0.2, 0) is 4.74 Å². The molecule has 3 rings (SSSR count). The molecular weight excluding hydrogens is 250 g/mol. The molecule has 3 heteroatoms. The molecule has 0 bridgehead atoms. The molecule has 1 saturated heterocycles. The Balaban J connectivity index is 1.64. The number of benzene rings is 1. The average Bonchev–Trinajstić information content (AvgIpc) is 3.00. The summed E-state index contributed by atoms with van der Waals surface area (Å²) in [6.07, 6.45) is 6.35. The van der Waals surface area contributed by atoms with E-state index in [1.165, 1.54) is 24.8 Å². The maximum absolute atomic E-state index is 5.78. The van der Waals surface area contributed by atoms with Gasteiger partial charge in [0, 0.05) is 12.6 Å². The Morgan fingerprint density at radius 3 is 2.90 bits per heavy atom. The van der Waals surface area contributed by atoms with Crippen molar-refractivity contribution in [2.24, 2.45) is 0 Å². The van der Waals surface area contributed by atoms with Crippen LogP contribution in [0.15, 0.2) is 24.3 Å². The van der Waals surface area contributed by atoms with Gasteiger partial charge in [-0.05, 0) is 56.7 Å². The van der Waals surface area contributed by atoms with Gasteiger partial charge < -0.3 is 14.8 Å². The normalized spacial score (nSPS) is 26.9. The van der Waals surface area contributed by atoms with Gasteiger partial charge in [0.05, 0.1) is 12.7 Å². The predicted octanol–water partition coefficient (Wildman–Crippen LogP) is 3.10. The lowest BCUT2D eigenvalue weighted by atomic mass is 9.86. The van der Waals surface area contributed by atoms with Gasteiger partial charge in [0.15, 0.2) is 0 Å². The van der Waals surface area contributed by atoms with Crippen LogP contribution in [0.25, 0.3) is 0 Å². The number of ether oxygens (including phenoxy) is 2. The Morgan fingerprint density at radius 2 is 2.10 bits per heavy atom. The maximum Gasteiger partial charge on any atom is 0.122 e. The first-order valence-corrected chi connectivity index (χ1v) is 7.87. The molecule has 0 radical (unpaired) electrons. The van der Waals surface area contributed by atoms with Crippen molar-refractivity contribution in [1.29, 1.82) is 0 Å². The molecule has 0 saturated carbocycles. The van der Waals surface area contributed by atoms with Crippen molar-refractivity contribution >= 4 is 0 Å². The molecule has 0 spiro atoms. The minimum atomic E-state index is 0.461. The second-order valence-corrected chi connectivity index (χ2v) is 5.96. The molecule has 3 atom stereocenters. The SMILES string of the molecule is CNC(CC1CCCO1)CC1CCOc2ccccc21. The molecule has 2 aliphatic rings. The number of para-hydroxylation sites is 1. The van der Waals surface area contributed by atoms with Gasteiger partial charge in [-0.25, -0.2) is 0 Å². The summed E-state index contributed by atoms with van der Waals surface area (Å²) in [6.45, 7) is 1.79. The van der Waals surface area contributed by atoms with E-state index in [0.29, 0.717) is 18.1 Å². The van der Waals surface area contributed by atoms with E-state index in [2.05, 4.69) is 36.6 Å². The first-order chi connectivity index (χ1) is 9.86. The summed E-state index contributed by atoms with van der Waals surface area (Å²) in [6, 6.07) is 9.03. The van der Waals surface area contributed by atoms with Crippen molar-refractivity contribution in [3.63, 3.8) is 0 Å². The third-order valence-corrected chi connectivity index (χ3v) is 4.63. The molecule has 0 aliphatic carbocycles. The van der Waals surface area contributed by atoms with Crippen LogP contribution >= 0.6 is 0 Å². The number of hydrogen-bond acceptors (Lipinski definition) is 3. The quantitative estimate of drug-likeness (QED) is 0.895. The molecule has 20 heavy (non-hydrogen) atoms. The van der Waals surface area contributed by atoms with Crippen molar-refractivity contribution in [3.8, 4) is 5.75 Å². The lowest BCUT2D eigenvalue weighted by Crippen LogP contribution is -2.32. The Bertz CT molecular complexity index is 429. The van der Waals surface area contributed by atoms with E-state index in [1.54, 1.807) is 0 Å². The van der Waals surface area contributed by atoms with E-state index in [9.17, 15) is 0 Å². The van der Waals surface area contributed by atoms with Crippen LogP contribution in [0, 0.1) is 0 Å². The fourth-order valence-corrected chi connectivity index (χ4v) is 3.48. The lowest BCUT2D eigenvalue weighted by molar-refractivity contribution is 0.0929. The van der Waals surface area contributed by atoms with Gasteiger partial charge >= 0.3 is 0 Å². The summed E-state index contributed by atoms with van der Waals surface area (Å²) in [5, 5.41) is 3.49. The summed E-state index contributed by atoms with van der Waals surface area (Å²) in [5.41, 5.74) is 1.38. The van der Waals surface area contributed by atoms with Crippen LogP contribution in [0.4, 0.5) is 0 Å². The fraction of sp³-hybridized carbons (Fsp3) is 0.647. The van der Waals surface area contributed by atoms with E-state index < -0.39 is 0 Å². The maximum atomic E-state index is 5.78. The van der Waals surface area contributed by atoms with Gasteiger partial charge in [0.25, 0.3) is 0 Å². The molecule has 3 nitrogen and oxygen atoms in total. The molecular formula is C17H25NO2. The Labute approximate surface area is 121 Å². The monoisotopic (exact) mass is 275 g/mol. The Kier molecular flexibility index (Phi) is 4.58. The van der Waals surface area contributed by atoms with Crippen LogP contribution in [0.1, 0.15) is 43.6 Å². The summed E-state index contributed by atoms with van der Waals surface area (Å²) in [4.78, 5) is 0.